The van der Waals surface area contributed by atoms with Crippen molar-refractivity contribution in [2.24, 2.45) is 0 Å². The second kappa shape index (κ2) is 5.35. The molecule has 3 aromatic rings. The normalized spacial score (nSPS) is 10.8. The van der Waals surface area contributed by atoms with E-state index in [0.29, 0.717) is 27.8 Å². The first-order chi connectivity index (χ1) is 9.70. The van der Waals surface area contributed by atoms with Gasteiger partial charge in [0.1, 0.15) is 17.4 Å². The van der Waals surface area contributed by atoms with Gasteiger partial charge in [0.25, 0.3) is 0 Å². The minimum atomic E-state index is 0.213. The predicted molar refractivity (Wildman–Crippen MR) is 79.3 cm³/mol. The average Bonchev–Trinajstić information content (AvgIpc) is 2.91. The van der Waals surface area contributed by atoms with E-state index in [9.17, 15) is 0 Å². The van der Waals surface area contributed by atoms with Crippen molar-refractivity contribution in [1.82, 2.24) is 18.7 Å². The molecule has 1 N–H and O–H groups in total. The van der Waals surface area contributed by atoms with E-state index >= 15 is 0 Å². The molecule has 0 atom stereocenters. The molecule has 3 rings (SSSR count). The molecule has 0 radical (unpaired) electrons. The maximum atomic E-state index is 6.20. The van der Waals surface area contributed by atoms with Crippen LogP contribution in [0.1, 0.15) is 0 Å². The lowest BCUT2D eigenvalue weighted by molar-refractivity contribution is 0.413. The number of halogens is 2. The van der Waals surface area contributed by atoms with Crippen LogP contribution in [0.15, 0.2) is 18.5 Å². The first-order valence-electron chi connectivity index (χ1n) is 5.43. The lowest BCUT2D eigenvalue weighted by Crippen LogP contribution is -2.00. The first kappa shape index (κ1) is 13.3. The fourth-order valence-electron chi connectivity index (χ4n) is 1.69. The molecule has 0 unspecified atom stereocenters. The van der Waals surface area contributed by atoms with Gasteiger partial charge in [-0.2, -0.15) is 8.75 Å². The molecule has 0 aliphatic rings. The van der Waals surface area contributed by atoms with Crippen LogP contribution in [0, 0.1) is 0 Å². The molecular weight excluding hydrogens is 321 g/mol. The van der Waals surface area contributed by atoms with Gasteiger partial charge in [0.15, 0.2) is 16.7 Å². The topological polar surface area (TPSA) is 72.8 Å². The van der Waals surface area contributed by atoms with Gasteiger partial charge < -0.3 is 10.1 Å². The summed E-state index contributed by atoms with van der Waals surface area (Å²) in [6, 6.07) is 3.54. The third-order valence-electron chi connectivity index (χ3n) is 2.58. The number of hydrogen-bond acceptors (Lipinski definition) is 7. The zero-order chi connectivity index (χ0) is 14.1. The fourth-order valence-corrected chi connectivity index (χ4v) is 2.64. The van der Waals surface area contributed by atoms with Gasteiger partial charge >= 0.3 is 0 Å². The van der Waals surface area contributed by atoms with Crippen LogP contribution in [-0.4, -0.2) is 25.8 Å². The van der Waals surface area contributed by atoms with Crippen molar-refractivity contribution in [2.45, 2.75) is 0 Å². The van der Waals surface area contributed by atoms with Crippen molar-refractivity contribution in [3.63, 3.8) is 0 Å². The SMILES string of the molecule is COc1c(Cl)ncnc1Nc1c(Cl)ccc2nsnc12. The van der Waals surface area contributed by atoms with Gasteiger partial charge in [-0.05, 0) is 12.1 Å². The van der Waals surface area contributed by atoms with Gasteiger partial charge in [0.2, 0.25) is 0 Å². The van der Waals surface area contributed by atoms with Crippen LogP contribution < -0.4 is 10.1 Å². The van der Waals surface area contributed by atoms with E-state index < -0.39 is 0 Å². The van der Waals surface area contributed by atoms with Crippen LogP contribution in [0.3, 0.4) is 0 Å². The molecule has 0 fully saturated rings. The van der Waals surface area contributed by atoms with E-state index in [1.807, 2.05) is 0 Å². The fraction of sp³-hybridized carbons (Fsp3) is 0.0909. The summed E-state index contributed by atoms with van der Waals surface area (Å²) >= 11 is 13.3. The molecule has 2 heterocycles. The molecule has 2 aromatic heterocycles. The Kier molecular flexibility index (Phi) is 3.56. The molecule has 102 valence electrons. The Morgan fingerprint density at radius 1 is 1.20 bits per heavy atom. The highest BCUT2D eigenvalue weighted by Gasteiger charge is 2.15. The minimum Gasteiger partial charge on any atom is -0.490 e. The van der Waals surface area contributed by atoms with Gasteiger partial charge in [-0.1, -0.05) is 23.2 Å². The molecule has 0 aliphatic carbocycles. The van der Waals surface area contributed by atoms with Crippen molar-refractivity contribution in [2.75, 3.05) is 12.4 Å². The number of nitrogens with zero attached hydrogens (tertiary/aromatic N) is 4. The van der Waals surface area contributed by atoms with E-state index in [-0.39, 0.29) is 5.15 Å². The largest absolute Gasteiger partial charge is 0.490 e. The van der Waals surface area contributed by atoms with Crippen LogP contribution in [0.5, 0.6) is 5.75 Å². The summed E-state index contributed by atoms with van der Waals surface area (Å²) in [5.41, 5.74) is 2.02. The quantitative estimate of drug-likeness (QED) is 0.742. The maximum absolute atomic E-state index is 6.20. The number of benzene rings is 1. The molecule has 1 aromatic carbocycles. The van der Waals surface area contributed by atoms with Crippen molar-refractivity contribution in [3.8, 4) is 5.75 Å². The van der Waals surface area contributed by atoms with Crippen molar-refractivity contribution < 1.29 is 4.74 Å². The molecule has 0 aliphatic heterocycles. The molecule has 9 heteroatoms. The highest BCUT2D eigenvalue weighted by atomic mass is 35.5. The highest BCUT2D eigenvalue weighted by molar-refractivity contribution is 7.00. The zero-order valence-corrected chi connectivity index (χ0v) is 12.4. The van der Waals surface area contributed by atoms with Crippen LogP contribution in [0.25, 0.3) is 11.0 Å². The van der Waals surface area contributed by atoms with E-state index in [0.717, 1.165) is 17.2 Å². The Hall–Kier alpha value is -1.70. The average molecular weight is 328 g/mol. The number of aromatic nitrogens is 4. The highest BCUT2D eigenvalue weighted by Crippen LogP contribution is 2.36. The molecule has 0 amide bonds. The van der Waals surface area contributed by atoms with Gasteiger partial charge in [-0.15, -0.1) is 0 Å². The third-order valence-corrected chi connectivity index (χ3v) is 3.71. The molecule has 0 bridgehead atoms. The van der Waals surface area contributed by atoms with Gasteiger partial charge in [-0.25, -0.2) is 9.97 Å². The molecule has 0 saturated heterocycles. The standard InChI is InChI=1S/C11H7Cl2N5OS/c1-19-9-10(13)14-4-15-11(9)16-7-5(12)2-3-6-8(7)18-20-17-6/h2-4H,1H3,(H,14,15,16). The lowest BCUT2D eigenvalue weighted by Gasteiger charge is -2.11. The van der Waals surface area contributed by atoms with Crippen molar-refractivity contribution in [1.29, 1.82) is 0 Å². The van der Waals surface area contributed by atoms with E-state index in [4.69, 9.17) is 27.9 Å². The van der Waals surface area contributed by atoms with Gasteiger partial charge in [0, 0.05) is 0 Å². The summed E-state index contributed by atoms with van der Waals surface area (Å²) in [7, 11) is 1.49. The van der Waals surface area contributed by atoms with Crippen molar-refractivity contribution >= 4 is 57.5 Å². The molecular formula is C11H7Cl2N5OS. The van der Waals surface area contributed by atoms with E-state index in [1.165, 1.54) is 13.4 Å². The summed E-state index contributed by atoms with van der Waals surface area (Å²) in [5, 5.41) is 3.79. The Morgan fingerprint density at radius 2 is 2.05 bits per heavy atom. The van der Waals surface area contributed by atoms with Crippen LogP contribution in [0.2, 0.25) is 10.2 Å². The molecule has 0 saturated carbocycles. The maximum Gasteiger partial charge on any atom is 0.199 e. The number of nitrogens with one attached hydrogen (secondary N) is 1. The smallest absolute Gasteiger partial charge is 0.199 e. The molecule has 6 nitrogen and oxygen atoms in total. The summed E-state index contributed by atoms with van der Waals surface area (Å²) in [6.45, 7) is 0. The second-order valence-electron chi connectivity index (χ2n) is 3.73. The minimum absolute atomic E-state index is 0.213. The van der Waals surface area contributed by atoms with Crippen LogP contribution in [-0.2, 0) is 0 Å². The number of ether oxygens (including phenoxy) is 1. The summed E-state index contributed by atoms with van der Waals surface area (Å²) in [5.74, 6) is 0.750. The third kappa shape index (κ3) is 2.24. The van der Waals surface area contributed by atoms with Gasteiger partial charge in [0.05, 0.1) is 29.5 Å². The summed E-state index contributed by atoms with van der Waals surface area (Å²) in [6.07, 6.45) is 1.33. The van der Waals surface area contributed by atoms with Gasteiger partial charge in [-0.3, -0.25) is 0 Å². The zero-order valence-electron chi connectivity index (χ0n) is 10.1. The van der Waals surface area contributed by atoms with E-state index in [2.05, 4.69) is 24.0 Å². The van der Waals surface area contributed by atoms with Crippen LogP contribution in [0.4, 0.5) is 11.5 Å². The van der Waals surface area contributed by atoms with Crippen molar-refractivity contribution in [3.05, 3.63) is 28.6 Å². The lowest BCUT2D eigenvalue weighted by atomic mass is 10.2. The summed E-state index contributed by atoms with van der Waals surface area (Å²) in [4.78, 5) is 7.96. The Bertz CT molecular complexity index is 779. The number of rotatable bonds is 3. The Morgan fingerprint density at radius 3 is 2.85 bits per heavy atom. The molecule has 0 spiro atoms. The van der Waals surface area contributed by atoms with E-state index in [1.54, 1.807) is 12.1 Å². The Labute approximate surface area is 128 Å². The number of anilines is 2. The Balaban J connectivity index is 2.12. The predicted octanol–water partition coefficient (Wildman–Crippen LogP) is 3.54. The summed E-state index contributed by atoms with van der Waals surface area (Å²) < 4.78 is 13.6. The number of methoxy groups -OCH3 is 1. The molecule has 20 heavy (non-hydrogen) atoms. The monoisotopic (exact) mass is 327 g/mol. The first-order valence-corrected chi connectivity index (χ1v) is 6.91. The second-order valence-corrected chi connectivity index (χ2v) is 5.02. The van der Waals surface area contributed by atoms with Crippen LogP contribution >= 0.6 is 34.9 Å². The number of fused-ring (bicyclic) bond motifs is 1. The number of hydrogen-bond donors (Lipinski definition) is 1.